The molecular weight excluding hydrogens is 291 g/mol. The molecule has 104 valence electrons. The standard InChI is InChI=1S/C12H14Cl2N2O3/c1-12(2,6-5-9(17)18)16-11(19)10-7(13)3-4-8(14)15-10/h3-4H,5-6H2,1-2H3,(H,16,19)(H,17,18). The Morgan fingerprint density at radius 2 is 2.00 bits per heavy atom. The molecule has 0 fully saturated rings. The zero-order valence-corrected chi connectivity index (χ0v) is 12.0. The number of aromatic nitrogens is 1. The molecule has 1 heterocycles. The van der Waals surface area contributed by atoms with E-state index in [2.05, 4.69) is 10.3 Å². The van der Waals surface area contributed by atoms with Gasteiger partial charge in [-0.3, -0.25) is 9.59 Å². The molecule has 7 heteroatoms. The molecule has 0 aliphatic heterocycles. The summed E-state index contributed by atoms with van der Waals surface area (Å²) in [4.78, 5) is 26.4. The number of nitrogens with zero attached hydrogens (tertiary/aromatic N) is 1. The molecule has 1 aromatic heterocycles. The smallest absolute Gasteiger partial charge is 0.303 e. The van der Waals surface area contributed by atoms with Gasteiger partial charge in [0.2, 0.25) is 0 Å². The Balaban J connectivity index is 2.78. The van der Waals surface area contributed by atoms with Crippen molar-refractivity contribution in [3.8, 4) is 0 Å². The molecule has 0 radical (unpaired) electrons. The van der Waals surface area contributed by atoms with Crippen molar-refractivity contribution in [1.29, 1.82) is 0 Å². The number of halogens is 2. The van der Waals surface area contributed by atoms with Crippen LogP contribution in [0, 0.1) is 0 Å². The molecule has 0 spiro atoms. The lowest BCUT2D eigenvalue weighted by Crippen LogP contribution is -2.44. The molecular formula is C12H14Cl2N2O3. The van der Waals surface area contributed by atoms with Crippen molar-refractivity contribution >= 4 is 35.1 Å². The SMILES string of the molecule is CC(C)(CCC(=O)O)NC(=O)c1nc(Cl)ccc1Cl. The lowest BCUT2D eigenvalue weighted by molar-refractivity contribution is -0.137. The highest BCUT2D eigenvalue weighted by Crippen LogP contribution is 2.19. The Morgan fingerprint density at radius 3 is 2.58 bits per heavy atom. The molecule has 19 heavy (non-hydrogen) atoms. The number of carbonyl (C=O) groups is 2. The lowest BCUT2D eigenvalue weighted by atomic mass is 9.98. The van der Waals surface area contributed by atoms with Gasteiger partial charge in [-0.15, -0.1) is 0 Å². The monoisotopic (exact) mass is 304 g/mol. The zero-order valence-electron chi connectivity index (χ0n) is 10.5. The van der Waals surface area contributed by atoms with Gasteiger partial charge in [-0.25, -0.2) is 4.98 Å². The predicted molar refractivity (Wildman–Crippen MR) is 72.7 cm³/mol. The fourth-order valence-corrected chi connectivity index (χ4v) is 1.76. The Morgan fingerprint density at radius 1 is 1.37 bits per heavy atom. The van der Waals surface area contributed by atoms with E-state index in [-0.39, 0.29) is 22.3 Å². The minimum atomic E-state index is -0.916. The second-order valence-electron chi connectivity index (χ2n) is 4.70. The number of amides is 1. The number of carboxylic acids is 1. The second-order valence-corrected chi connectivity index (χ2v) is 5.49. The van der Waals surface area contributed by atoms with Gasteiger partial charge in [0.1, 0.15) is 10.8 Å². The van der Waals surface area contributed by atoms with Gasteiger partial charge in [-0.2, -0.15) is 0 Å². The number of carboxylic acid groups (broad SMARTS) is 1. The van der Waals surface area contributed by atoms with Crippen molar-refractivity contribution in [3.63, 3.8) is 0 Å². The molecule has 1 amide bonds. The predicted octanol–water partition coefficient (Wildman–Crippen LogP) is 2.76. The quantitative estimate of drug-likeness (QED) is 0.820. The van der Waals surface area contributed by atoms with Crippen molar-refractivity contribution in [1.82, 2.24) is 10.3 Å². The van der Waals surface area contributed by atoms with E-state index in [1.807, 2.05) is 0 Å². The van der Waals surface area contributed by atoms with Crippen molar-refractivity contribution in [2.75, 3.05) is 0 Å². The van der Waals surface area contributed by atoms with Crippen molar-refractivity contribution in [2.45, 2.75) is 32.2 Å². The lowest BCUT2D eigenvalue weighted by Gasteiger charge is -2.25. The zero-order chi connectivity index (χ0) is 14.6. The van der Waals surface area contributed by atoms with E-state index in [9.17, 15) is 9.59 Å². The number of hydrogen-bond donors (Lipinski definition) is 2. The third-order valence-corrected chi connectivity index (χ3v) is 2.96. The van der Waals surface area contributed by atoms with Crippen molar-refractivity contribution < 1.29 is 14.7 Å². The number of rotatable bonds is 5. The van der Waals surface area contributed by atoms with Gasteiger partial charge in [-0.1, -0.05) is 23.2 Å². The van der Waals surface area contributed by atoms with E-state index in [1.54, 1.807) is 13.8 Å². The first-order valence-corrected chi connectivity index (χ1v) is 6.33. The van der Waals surface area contributed by atoms with Crippen LogP contribution in [0.1, 0.15) is 37.2 Å². The molecule has 5 nitrogen and oxygen atoms in total. The van der Waals surface area contributed by atoms with Gasteiger partial charge in [0.25, 0.3) is 5.91 Å². The molecule has 0 aliphatic rings. The Kier molecular flexibility index (Phi) is 5.14. The maximum Gasteiger partial charge on any atom is 0.303 e. The van der Waals surface area contributed by atoms with Crippen molar-refractivity contribution in [2.24, 2.45) is 0 Å². The van der Waals surface area contributed by atoms with Crippen LogP contribution in [0.5, 0.6) is 0 Å². The summed E-state index contributed by atoms with van der Waals surface area (Å²) in [6, 6.07) is 2.96. The first-order valence-electron chi connectivity index (χ1n) is 5.57. The third kappa shape index (κ3) is 5.04. The van der Waals surface area contributed by atoms with Crippen LogP contribution in [-0.2, 0) is 4.79 Å². The van der Waals surface area contributed by atoms with Crippen LogP contribution in [0.3, 0.4) is 0 Å². The average Bonchev–Trinajstić information content (AvgIpc) is 2.29. The van der Waals surface area contributed by atoms with E-state index < -0.39 is 17.4 Å². The molecule has 0 aromatic carbocycles. The average molecular weight is 305 g/mol. The molecule has 0 aliphatic carbocycles. The maximum atomic E-state index is 12.0. The fraction of sp³-hybridized carbons (Fsp3) is 0.417. The van der Waals surface area contributed by atoms with Gasteiger partial charge in [0.15, 0.2) is 0 Å². The summed E-state index contributed by atoms with van der Waals surface area (Å²) in [6.45, 7) is 3.46. The van der Waals surface area contributed by atoms with Gasteiger partial charge >= 0.3 is 5.97 Å². The minimum Gasteiger partial charge on any atom is -0.481 e. The second kappa shape index (κ2) is 6.21. The molecule has 0 unspecified atom stereocenters. The molecule has 1 rings (SSSR count). The maximum absolute atomic E-state index is 12.0. The van der Waals surface area contributed by atoms with Crippen LogP contribution in [-0.4, -0.2) is 27.5 Å². The minimum absolute atomic E-state index is 0.0255. The number of pyridine rings is 1. The van der Waals surface area contributed by atoms with Crippen LogP contribution in [0.4, 0.5) is 0 Å². The van der Waals surface area contributed by atoms with Crippen molar-refractivity contribution in [3.05, 3.63) is 28.0 Å². The number of aliphatic carboxylic acids is 1. The highest BCUT2D eigenvalue weighted by atomic mass is 35.5. The third-order valence-electron chi connectivity index (χ3n) is 2.44. The van der Waals surface area contributed by atoms with Gasteiger partial charge in [0.05, 0.1) is 5.02 Å². The van der Waals surface area contributed by atoms with Gasteiger partial charge in [0, 0.05) is 12.0 Å². The Bertz CT molecular complexity index is 504. The summed E-state index contributed by atoms with van der Waals surface area (Å²) in [5.74, 6) is -1.40. The Hall–Kier alpha value is -1.33. The van der Waals surface area contributed by atoms with Crippen LogP contribution in [0.25, 0.3) is 0 Å². The van der Waals surface area contributed by atoms with E-state index in [0.29, 0.717) is 6.42 Å². The first-order chi connectivity index (χ1) is 8.71. The van der Waals surface area contributed by atoms with E-state index >= 15 is 0 Å². The first kappa shape index (κ1) is 15.7. The molecule has 0 saturated heterocycles. The number of hydrogen-bond acceptors (Lipinski definition) is 3. The summed E-state index contributed by atoms with van der Waals surface area (Å²) in [6.07, 6.45) is 0.260. The molecule has 1 aromatic rings. The highest BCUT2D eigenvalue weighted by Gasteiger charge is 2.24. The van der Waals surface area contributed by atoms with Crippen LogP contribution in [0.2, 0.25) is 10.2 Å². The summed E-state index contributed by atoms with van der Waals surface area (Å²) in [7, 11) is 0. The topological polar surface area (TPSA) is 79.3 Å². The van der Waals surface area contributed by atoms with Gasteiger partial charge in [-0.05, 0) is 32.4 Å². The molecule has 2 N–H and O–H groups in total. The summed E-state index contributed by atoms with van der Waals surface area (Å²) in [5.41, 5.74) is -0.652. The van der Waals surface area contributed by atoms with Crippen LogP contribution >= 0.6 is 23.2 Å². The molecule has 0 saturated carbocycles. The van der Waals surface area contributed by atoms with E-state index in [0.717, 1.165) is 0 Å². The normalized spacial score (nSPS) is 11.2. The summed E-state index contributed by atoms with van der Waals surface area (Å²) in [5, 5.41) is 11.7. The van der Waals surface area contributed by atoms with Gasteiger partial charge < -0.3 is 10.4 Å². The van der Waals surface area contributed by atoms with E-state index in [4.69, 9.17) is 28.3 Å². The van der Waals surface area contributed by atoms with Crippen LogP contribution in [0.15, 0.2) is 12.1 Å². The number of nitrogens with one attached hydrogen (secondary N) is 1. The summed E-state index contributed by atoms with van der Waals surface area (Å²) < 4.78 is 0. The van der Waals surface area contributed by atoms with E-state index in [1.165, 1.54) is 12.1 Å². The molecule has 0 bridgehead atoms. The van der Waals surface area contributed by atoms with Crippen LogP contribution < -0.4 is 5.32 Å². The number of carbonyl (C=O) groups excluding carboxylic acids is 1. The fourth-order valence-electron chi connectivity index (χ4n) is 1.43. The largest absolute Gasteiger partial charge is 0.481 e. The Labute approximate surface area is 120 Å². The summed E-state index contributed by atoms with van der Waals surface area (Å²) >= 11 is 11.6. The molecule has 0 atom stereocenters. The highest BCUT2D eigenvalue weighted by molar-refractivity contribution is 6.34.